The van der Waals surface area contributed by atoms with Crippen molar-refractivity contribution in [1.29, 1.82) is 0 Å². The number of ether oxygens (including phenoxy) is 2. The van der Waals surface area contributed by atoms with E-state index in [0.29, 0.717) is 11.4 Å². The van der Waals surface area contributed by atoms with E-state index in [1.54, 1.807) is 52.0 Å². The number of benzene rings is 1. The maximum Gasteiger partial charge on any atom is 0.411 e. The van der Waals surface area contributed by atoms with E-state index in [2.05, 4.69) is 10.6 Å². The monoisotopic (exact) mass is 280 g/mol. The Morgan fingerprint density at radius 1 is 0.900 bits per heavy atom. The lowest BCUT2D eigenvalue weighted by Crippen LogP contribution is -2.19. The predicted molar refractivity (Wildman–Crippen MR) is 76.9 cm³/mol. The van der Waals surface area contributed by atoms with Gasteiger partial charge in [-0.1, -0.05) is 6.07 Å². The van der Waals surface area contributed by atoms with Crippen molar-refractivity contribution in [3.8, 4) is 0 Å². The molecule has 6 nitrogen and oxygen atoms in total. The Labute approximate surface area is 118 Å². The molecule has 1 rings (SSSR count). The second kappa shape index (κ2) is 7.37. The van der Waals surface area contributed by atoms with Crippen LogP contribution in [-0.2, 0) is 9.47 Å². The normalized spacial score (nSPS) is 10.3. The van der Waals surface area contributed by atoms with Gasteiger partial charge in [0, 0.05) is 11.4 Å². The highest BCUT2D eigenvalue weighted by molar-refractivity contribution is 5.88. The molecule has 6 heteroatoms. The Balaban J connectivity index is 2.61. The smallest absolute Gasteiger partial charge is 0.411 e. The molecule has 20 heavy (non-hydrogen) atoms. The van der Waals surface area contributed by atoms with Crippen LogP contribution in [-0.4, -0.2) is 24.4 Å². The fraction of sp³-hybridized carbons (Fsp3) is 0.429. The van der Waals surface area contributed by atoms with Gasteiger partial charge in [-0.2, -0.15) is 0 Å². The predicted octanol–water partition coefficient (Wildman–Crippen LogP) is 3.60. The molecule has 0 heterocycles. The van der Waals surface area contributed by atoms with Crippen LogP contribution in [0.25, 0.3) is 0 Å². The molecule has 0 unspecified atom stereocenters. The second-order valence-electron chi connectivity index (χ2n) is 4.74. The van der Waals surface area contributed by atoms with Crippen molar-refractivity contribution in [2.24, 2.45) is 0 Å². The van der Waals surface area contributed by atoms with E-state index in [1.807, 2.05) is 0 Å². The molecular formula is C14H20N2O4. The number of rotatable bonds is 4. The van der Waals surface area contributed by atoms with Crippen molar-refractivity contribution in [2.45, 2.75) is 39.9 Å². The highest BCUT2D eigenvalue weighted by atomic mass is 16.6. The molecule has 2 amide bonds. The minimum Gasteiger partial charge on any atom is -0.447 e. The van der Waals surface area contributed by atoms with E-state index in [0.717, 1.165) is 0 Å². The van der Waals surface area contributed by atoms with Gasteiger partial charge in [-0.25, -0.2) is 9.59 Å². The minimum absolute atomic E-state index is 0.197. The maximum absolute atomic E-state index is 11.5. The third-order valence-electron chi connectivity index (χ3n) is 2.04. The largest absolute Gasteiger partial charge is 0.447 e. The van der Waals surface area contributed by atoms with Crippen LogP contribution in [0.3, 0.4) is 0 Å². The second-order valence-corrected chi connectivity index (χ2v) is 4.74. The molecule has 0 saturated heterocycles. The third-order valence-corrected chi connectivity index (χ3v) is 2.04. The summed E-state index contributed by atoms with van der Waals surface area (Å²) in [6, 6.07) is 6.71. The van der Waals surface area contributed by atoms with Gasteiger partial charge in [0.1, 0.15) is 0 Å². The van der Waals surface area contributed by atoms with E-state index in [9.17, 15) is 9.59 Å². The fourth-order valence-electron chi connectivity index (χ4n) is 1.40. The Bertz CT molecular complexity index is 433. The van der Waals surface area contributed by atoms with Gasteiger partial charge in [-0.15, -0.1) is 0 Å². The lowest BCUT2D eigenvalue weighted by atomic mass is 10.3. The summed E-state index contributed by atoms with van der Waals surface area (Å²) in [5.41, 5.74) is 1.05. The van der Waals surface area contributed by atoms with Gasteiger partial charge in [0.15, 0.2) is 0 Å². The number of hydrogen-bond donors (Lipinski definition) is 2. The van der Waals surface area contributed by atoms with Crippen LogP contribution in [0.15, 0.2) is 24.3 Å². The lowest BCUT2D eigenvalue weighted by Gasteiger charge is -2.12. The molecule has 0 saturated carbocycles. The minimum atomic E-state index is -0.540. The molecular weight excluding hydrogens is 260 g/mol. The zero-order chi connectivity index (χ0) is 15.1. The number of carbonyl (C=O) groups is 2. The fourth-order valence-corrected chi connectivity index (χ4v) is 1.40. The van der Waals surface area contributed by atoms with E-state index in [1.165, 1.54) is 0 Å². The number of nitrogens with one attached hydrogen (secondary N) is 2. The Hall–Kier alpha value is -2.24. The number of hydrogen-bond acceptors (Lipinski definition) is 4. The van der Waals surface area contributed by atoms with Crippen LogP contribution < -0.4 is 10.6 Å². The molecule has 2 N–H and O–H groups in total. The zero-order valence-electron chi connectivity index (χ0n) is 12.1. The van der Waals surface area contributed by atoms with E-state index < -0.39 is 12.2 Å². The molecule has 1 aromatic carbocycles. The van der Waals surface area contributed by atoms with Crippen LogP contribution >= 0.6 is 0 Å². The van der Waals surface area contributed by atoms with Crippen LogP contribution in [0.4, 0.5) is 21.0 Å². The van der Waals surface area contributed by atoms with Gasteiger partial charge in [-0.05, 0) is 45.9 Å². The topological polar surface area (TPSA) is 76.7 Å². The molecule has 110 valence electrons. The summed E-state index contributed by atoms with van der Waals surface area (Å²) in [4.78, 5) is 22.9. The maximum atomic E-state index is 11.5. The van der Waals surface area contributed by atoms with E-state index in [-0.39, 0.29) is 12.2 Å². The van der Waals surface area contributed by atoms with Crippen LogP contribution in [0, 0.1) is 0 Å². The standard InChI is InChI=1S/C14H20N2O4/c1-9(2)19-13(17)15-11-6-5-7-12(8-11)16-14(18)20-10(3)4/h5-10H,1-4H3,(H,15,17)(H,16,18). The van der Waals surface area contributed by atoms with Gasteiger partial charge in [0.05, 0.1) is 12.2 Å². The highest BCUT2D eigenvalue weighted by Gasteiger charge is 2.08. The SMILES string of the molecule is CC(C)OC(=O)Nc1cccc(NC(=O)OC(C)C)c1. The number of carbonyl (C=O) groups excluding carboxylic acids is 2. The van der Waals surface area contributed by atoms with Crippen molar-refractivity contribution in [3.63, 3.8) is 0 Å². The van der Waals surface area contributed by atoms with Gasteiger partial charge >= 0.3 is 12.2 Å². The summed E-state index contributed by atoms with van der Waals surface area (Å²) < 4.78 is 9.93. The third kappa shape index (κ3) is 6.08. The first-order valence-electron chi connectivity index (χ1n) is 6.42. The van der Waals surface area contributed by atoms with Crippen molar-refractivity contribution in [1.82, 2.24) is 0 Å². The van der Waals surface area contributed by atoms with Crippen LogP contribution in [0.1, 0.15) is 27.7 Å². The molecule has 0 fully saturated rings. The average molecular weight is 280 g/mol. The summed E-state index contributed by atoms with van der Waals surface area (Å²) in [5.74, 6) is 0. The molecule has 0 aromatic heterocycles. The lowest BCUT2D eigenvalue weighted by molar-refractivity contribution is 0.129. The number of anilines is 2. The zero-order valence-corrected chi connectivity index (χ0v) is 12.1. The quantitative estimate of drug-likeness (QED) is 0.883. The van der Waals surface area contributed by atoms with E-state index in [4.69, 9.17) is 9.47 Å². The summed E-state index contributed by atoms with van der Waals surface area (Å²) in [7, 11) is 0. The van der Waals surface area contributed by atoms with Gasteiger partial charge in [0.25, 0.3) is 0 Å². The van der Waals surface area contributed by atoms with Gasteiger partial charge < -0.3 is 9.47 Å². The number of amides is 2. The van der Waals surface area contributed by atoms with Crippen molar-refractivity contribution in [2.75, 3.05) is 10.6 Å². The van der Waals surface area contributed by atoms with Gasteiger partial charge in [0.2, 0.25) is 0 Å². The first-order valence-corrected chi connectivity index (χ1v) is 6.42. The van der Waals surface area contributed by atoms with Crippen LogP contribution in [0.2, 0.25) is 0 Å². The van der Waals surface area contributed by atoms with Crippen LogP contribution in [0.5, 0.6) is 0 Å². The molecule has 0 atom stereocenters. The van der Waals surface area contributed by atoms with Crippen molar-refractivity contribution < 1.29 is 19.1 Å². The molecule has 0 radical (unpaired) electrons. The summed E-state index contributed by atoms with van der Waals surface area (Å²) in [5, 5.41) is 5.15. The summed E-state index contributed by atoms with van der Waals surface area (Å²) >= 11 is 0. The Morgan fingerprint density at radius 3 is 1.65 bits per heavy atom. The van der Waals surface area contributed by atoms with Crippen molar-refractivity contribution in [3.05, 3.63) is 24.3 Å². The first kappa shape index (κ1) is 15.8. The summed E-state index contributed by atoms with van der Waals surface area (Å²) in [6.07, 6.45) is -1.47. The first-order chi connectivity index (χ1) is 9.36. The summed E-state index contributed by atoms with van der Waals surface area (Å²) in [6.45, 7) is 7.05. The van der Waals surface area contributed by atoms with Gasteiger partial charge in [-0.3, -0.25) is 10.6 Å². The molecule has 1 aromatic rings. The molecule has 0 spiro atoms. The molecule has 0 aliphatic carbocycles. The highest BCUT2D eigenvalue weighted by Crippen LogP contribution is 2.16. The Morgan fingerprint density at radius 2 is 1.30 bits per heavy atom. The molecule has 0 aliphatic heterocycles. The molecule has 0 aliphatic rings. The van der Waals surface area contributed by atoms with Crippen molar-refractivity contribution >= 4 is 23.6 Å². The Kier molecular flexibility index (Phi) is 5.83. The van der Waals surface area contributed by atoms with E-state index >= 15 is 0 Å². The average Bonchev–Trinajstić information content (AvgIpc) is 2.26. The molecule has 0 bridgehead atoms.